The zero-order valence-electron chi connectivity index (χ0n) is 21.4. The maximum atomic E-state index is 13.7. The first-order valence-corrected chi connectivity index (χ1v) is 14.2. The summed E-state index contributed by atoms with van der Waals surface area (Å²) in [6, 6.07) is 10.4. The molecule has 39 heavy (non-hydrogen) atoms. The third kappa shape index (κ3) is 5.47. The monoisotopic (exact) mass is 584 g/mol. The van der Waals surface area contributed by atoms with Crippen molar-refractivity contribution in [1.82, 2.24) is 15.0 Å². The number of amides is 1. The van der Waals surface area contributed by atoms with Gasteiger partial charge in [0, 0.05) is 15.5 Å². The fourth-order valence-corrected chi connectivity index (χ4v) is 6.69. The van der Waals surface area contributed by atoms with Crippen molar-refractivity contribution in [2.45, 2.75) is 24.4 Å². The maximum Gasteiger partial charge on any atom is 0.267 e. The van der Waals surface area contributed by atoms with Crippen molar-refractivity contribution < 1.29 is 19.0 Å². The molecule has 2 aromatic heterocycles. The van der Waals surface area contributed by atoms with Gasteiger partial charge in [-0.3, -0.25) is 14.2 Å². The van der Waals surface area contributed by atoms with Crippen molar-refractivity contribution in [1.29, 1.82) is 0 Å². The zero-order valence-corrected chi connectivity index (χ0v) is 23.8. The molecule has 0 radical (unpaired) electrons. The Balaban J connectivity index is 1.37. The van der Waals surface area contributed by atoms with Gasteiger partial charge in [-0.2, -0.15) is 5.10 Å². The molecule has 0 spiro atoms. The average molecular weight is 585 g/mol. The summed E-state index contributed by atoms with van der Waals surface area (Å²) in [5.74, 6) is 1.06. The molecule has 12 heteroatoms. The van der Waals surface area contributed by atoms with E-state index in [9.17, 15) is 9.59 Å². The highest BCUT2D eigenvalue weighted by molar-refractivity contribution is 7.99. The van der Waals surface area contributed by atoms with E-state index in [4.69, 9.17) is 30.8 Å². The van der Waals surface area contributed by atoms with E-state index in [-0.39, 0.29) is 17.2 Å². The summed E-state index contributed by atoms with van der Waals surface area (Å²) >= 11 is 8.82. The van der Waals surface area contributed by atoms with Crippen LogP contribution in [0.1, 0.15) is 22.4 Å². The fraction of sp³-hybridized carbons (Fsp3) is 0.259. The Bertz CT molecular complexity index is 1610. The number of aromatic nitrogens is 2. The highest BCUT2D eigenvalue weighted by Gasteiger charge is 2.24. The number of benzene rings is 2. The van der Waals surface area contributed by atoms with Gasteiger partial charge in [0.25, 0.3) is 11.5 Å². The number of hydrazone groups is 1. The van der Waals surface area contributed by atoms with Gasteiger partial charge < -0.3 is 14.2 Å². The van der Waals surface area contributed by atoms with Crippen LogP contribution in [0.3, 0.4) is 0 Å². The standard InChI is InChI=1S/C27H25ClN4O5S2/c1-35-19-11-15(12-20(36-2)24(19)37-3)13-29-31-22(33)14-38-27-30-25-23(18-5-4-6-21(18)39-25)26(34)32(27)17-9-7-16(28)8-10-17/h7-13H,4-6,14H2,1-3H3,(H,31,33). The maximum absolute atomic E-state index is 13.7. The first kappa shape index (κ1) is 27.0. The SMILES string of the molecule is COc1cc(C=NNC(=O)CSc2nc3sc4c(c3c(=O)n2-c2ccc(Cl)cc2)CCC4)cc(OC)c1OC. The number of thioether (sulfide) groups is 1. The summed E-state index contributed by atoms with van der Waals surface area (Å²) in [7, 11) is 4.57. The van der Waals surface area contributed by atoms with Gasteiger partial charge in [0.05, 0.1) is 44.4 Å². The highest BCUT2D eigenvalue weighted by Crippen LogP contribution is 2.38. The van der Waals surface area contributed by atoms with Crippen LogP contribution in [-0.2, 0) is 17.6 Å². The summed E-state index contributed by atoms with van der Waals surface area (Å²) in [6.07, 6.45) is 4.37. The van der Waals surface area contributed by atoms with E-state index < -0.39 is 0 Å². The topological polar surface area (TPSA) is 104 Å². The van der Waals surface area contributed by atoms with E-state index in [1.165, 1.54) is 44.2 Å². The minimum Gasteiger partial charge on any atom is -0.493 e. The van der Waals surface area contributed by atoms with Crippen LogP contribution in [0, 0.1) is 0 Å². The molecule has 0 unspecified atom stereocenters. The molecule has 1 aliphatic rings. The smallest absolute Gasteiger partial charge is 0.267 e. The largest absolute Gasteiger partial charge is 0.493 e. The van der Waals surface area contributed by atoms with Gasteiger partial charge in [-0.05, 0) is 61.2 Å². The van der Waals surface area contributed by atoms with Crippen LogP contribution in [0.4, 0.5) is 0 Å². The van der Waals surface area contributed by atoms with E-state index in [1.54, 1.807) is 52.3 Å². The first-order chi connectivity index (χ1) is 18.9. The van der Waals surface area contributed by atoms with Gasteiger partial charge in [-0.15, -0.1) is 11.3 Å². The van der Waals surface area contributed by atoms with Gasteiger partial charge >= 0.3 is 0 Å². The van der Waals surface area contributed by atoms with Crippen molar-refractivity contribution in [3.05, 3.63) is 67.8 Å². The Morgan fingerprint density at radius 3 is 2.54 bits per heavy atom. The average Bonchev–Trinajstić information content (AvgIpc) is 3.53. The minimum absolute atomic E-state index is 0.00320. The third-order valence-electron chi connectivity index (χ3n) is 6.22. The first-order valence-electron chi connectivity index (χ1n) is 12.0. The number of carbonyl (C=O) groups is 1. The molecule has 2 heterocycles. The van der Waals surface area contributed by atoms with Crippen LogP contribution >= 0.6 is 34.7 Å². The summed E-state index contributed by atoms with van der Waals surface area (Å²) in [4.78, 5) is 33.1. The predicted molar refractivity (Wildman–Crippen MR) is 155 cm³/mol. The molecule has 0 aliphatic heterocycles. The van der Waals surface area contributed by atoms with Gasteiger partial charge in [0.1, 0.15) is 4.83 Å². The highest BCUT2D eigenvalue weighted by atomic mass is 35.5. The molecule has 9 nitrogen and oxygen atoms in total. The number of thiophene rings is 1. The number of ether oxygens (including phenoxy) is 3. The molecule has 4 aromatic rings. The number of methoxy groups -OCH3 is 3. The quantitative estimate of drug-likeness (QED) is 0.130. The second-order valence-electron chi connectivity index (χ2n) is 8.59. The predicted octanol–water partition coefficient (Wildman–Crippen LogP) is 4.86. The molecule has 0 fully saturated rings. The molecular formula is C27H25ClN4O5S2. The number of fused-ring (bicyclic) bond motifs is 3. The Morgan fingerprint density at radius 1 is 1.15 bits per heavy atom. The van der Waals surface area contributed by atoms with Crippen LogP contribution in [-0.4, -0.2) is 48.8 Å². The lowest BCUT2D eigenvalue weighted by atomic mass is 10.2. The number of aryl methyl sites for hydroxylation is 2. The van der Waals surface area contributed by atoms with Crippen molar-refractivity contribution in [3.63, 3.8) is 0 Å². The normalized spacial score (nSPS) is 12.6. The molecule has 1 amide bonds. The summed E-state index contributed by atoms with van der Waals surface area (Å²) in [6.45, 7) is 0. The van der Waals surface area contributed by atoms with Crippen molar-refractivity contribution in [2.24, 2.45) is 5.10 Å². The summed E-state index contributed by atoms with van der Waals surface area (Å²) < 4.78 is 17.6. The van der Waals surface area contributed by atoms with Crippen LogP contribution in [0.2, 0.25) is 5.02 Å². The summed E-state index contributed by atoms with van der Waals surface area (Å²) in [5.41, 5.74) is 4.77. The molecule has 1 N–H and O–H groups in total. The van der Waals surface area contributed by atoms with Crippen molar-refractivity contribution in [3.8, 4) is 22.9 Å². The molecule has 0 bridgehead atoms. The van der Waals surface area contributed by atoms with E-state index in [0.29, 0.717) is 48.9 Å². The van der Waals surface area contributed by atoms with E-state index in [0.717, 1.165) is 24.8 Å². The Morgan fingerprint density at radius 2 is 1.87 bits per heavy atom. The lowest BCUT2D eigenvalue weighted by Gasteiger charge is -2.13. The van der Waals surface area contributed by atoms with E-state index >= 15 is 0 Å². The molecule has 5 rings (SSSR count). The van der Waals surface area contributed by atoms with Gasteiger partial charge in [-0.25, -0.2) is 10.4 Å². The Hall–Kier alpha value is -3.54. The van der Waals surface area contributed by atoms with Crippen LogP contribution in [0.25, 0.3) is 15.9 Å². The third-order valence-corrected chi connectivity index (χ3v) is 8.59. The van der Waals surface area contributed by atoms with Crippen LogP contribution in [0.15, 0.2) is 51.5 Å². The van der Waals surface area contributed by atoms with Crippen LogP contribution < -0.4 is 25.2 Å². The number of halogens is 1. The molecule has 0 saturated heterocycles. The zero-order chi connectivity index (χ0) is 27.5. The minimum atomic E-state index is -0.352. The lowest BCUT2D eigenvalue weighted by Crippen LogP contribution is -2.24. The molecule has 202 valence electrons. The number of nitrogens with zero attached hydrogens (tertiary/aromatic N) is 3. The summed E-state index contributed by atoms with van der Waals surface area (Å²) in [5, 5.41) is 5.73. The second-order valence-corrected chi connectivity index (χ2v) is 11.1. The number of carbonyl (C=O) groups excluding carboxylic acids is 1. The van der Waals surface area contributed by atoms with Gasteiger partial charge in [-0.1, -0.05) is 23.4 Å². The molecular weight excluding hydrogens is 560 g/mol. The molecule has 0 saturated carbocycles. The van der Waals surface area contributed by atoms with E-state index in [1.807, 2.05) is 0 Å². The lowest BCUT2D eigenvalue weighted by molar-refractivity contribution is -0.118. The number of hydrogen-bond acceptors (Lipinski definition) is 9. The number of rotatable bonds is 9. The molecule has 1 aliphatic carbocycles. The number of nitrogens with one attached hydrogen (secondary N) is 1. The molecule has 2 aromatic carbocycles. The van der Waals surface area contributed by atoms with Gasteiger partial charge in [0.15, 0.2) is 16.7 Å². The second kappa shape index (κ2) is 11.7. The number of hydrogen-bond donors (Lipinski definition) is 1. The van der Waals surface area contributed by atoms with Crippen molar-refractivity contribution in [2.75, 3.05) is 27.1 Å². The Labute approximate surface area is 237 Å². The van der Waals surface area contributed by atoms with E-state index in [2.05, 4.69) is 10.5 Å². The van der Waals surface area contributed by atoms with Crippen molar-refractivity contribution >= 4 is 57.0 Å². The Kier molecular flexibility index (Phi) is 8.10. The molecule has 0 atom stereocenters. The van der Waals surface area contributed by atoms with Crippen LogP contribution in [0.5, 0.6) is 17.2 Å². The fourth-order valence-electron chi connectivity index (χ4n) is 4.46. The van der Waals surface area contributed by atoms with Gasteiger partial charge in [0.2, 0.25) is 5.75 Å².